The second-order valence-electron chi connectivity index (χ2n) is 5.98. The van der Waals surface area contributed by atoms with E-state index in [4.69, 9.17) is 9.47 Å². The summed E-state index contributed by atoms with van der Waals surface area (Å²) < 4.78 is 37.2. The topological polar surface area (TPSA) is 35.5 Å². The number of aryl methyl sites for hydroxylation is 2. The molecule has 0 fully saturated rings. The van der Waals surface area contributed by atoms with E-state index in [0.717, 1.165) is 28.7 Å². The highest BCUT2D eigenvalue weighted by atomic mass is 19.3. The van der Waals surface area contributed by atoms with E-state index in [-0.39, 0.29) is 30.3 Å². The van der Waals surface area contributed by atoms with Crippen LogP contribution in [0.5, 0.6) is 5.75 Å². The number of carbonyl (C=O) groups is 1. The molecule has 0 aliphatic heterocycles. The van der Waals surface area contributed by atoms with Crippen LogP contribution in [0.2, 0.25) is 0 Å². The van der Waals surface area contributed by atoms with Crippen LogP contribution in [0, 0.1) is 0 Å². The molecule has 0 N–H and O–H groups in total. The van der Waals surface area contributed by atoms with E-state index in [0.29, 0.717) is 6.42 Å². The number of esters is 1. The third-order valence-corrected chi connectivity index (χ3v) is 4.40. The third kappa shape index (κ3) is 4.81. The quantitative estimate of drug-likeness (QED) is 0.617. The standard InChI is InChI=1S/C21H24F2O3/c1-4-14-9-10-19(17(11-14)21(22)23)26-13-18-15(5-2)7-6-8-16(18)12-20(24)25-3/h6-11,21H,4-5,12-13H2,1-3H3. The molecular weight excluding hydrogens is 338 g/mol. The Morgan fingerprint density at radius 1 is 1.08 bits per heavy atom. The van der Waals surface area contributed by atoms with Crippen LogP contribution < -0.4 is 4.74 Å². The van der Waals surface area contributed by atoms with Gasteiger partial charge in [0.1, 0.15) is 12.4 Å². The van der Waals surface area contributed by atoms with Crippen molar-refractivity contribution in [2.24, 2.45) is 0 Å². The van der Waals surface area contributed by atoms with Crippen molar-refractivity contribution in [2.75, 3.05) is 7.11 Å². The Hall–Kier alpha value is -2.43. The number of benzene rings is 2. The van der Waals surface area contributed by atoms with Crippen LogP contribution in [0.15, 0.2) is 36.4 Å². The number of carbonyl (C=O) groups excluding carboxylic acids is 1. The number of hydrogen-bond acceptors (Lipinski definition) is 3. The van der Waals surface area contributed by atoms with Crippen molar-refractivity contribution in [2.45, 2.75) is 46.1 Å². The summed E-state index contributed by atoms with van der Waals surface area (Å²) in [7, 11) is 1.34. The molecule has 0 aliphatic carbocycles. The van der Waals surface area contributed by atoms with E-state index in [2.05, 4.69) is 0 Å². The summed E-state index contributed by atoms with van der Waals surface area (Å²) >= 11 is 0. The summed E-state index contributed by atoms with van der Waals surface area (Å²) in [5, 5.41) is 0. The van der Waals surface area contributed by atoms with Crippen molar-refractivity contribution in [1.29, 1.82) is 0 Å². The van der Waals surface area contributed by atoms with Gasteiger partial charge in [-0.3, -0.25) is 4.79 Å². The van der Waals surface area contributed by atoms with Gasteiger partial charge >= 0.3 is 5.97 Å². The monoisotopic (exact) mass is 362 g/mol. The Kier molecular flexibility index (Phi) is 7.13. The molecule has 0 unspecified atom stereocenters. The molecule has 140 valence electrons. The van der Waals surface area contributed by atoms with Crippen molar-refractivity contribution in [3.63, 3.8) is 0 Å². The Morgan fingerprint density at radius 3 is 2.42 bits per heavy atom. The molecule has 0 saturated carbocycles. The van der Waals surface area contributed by atoms with Gasteiger partial charge in [0.15, 0.2) is 0 Å². The zero-order chi connectivity index (χ0) is 19.1. The highest BCUT2D eigenvalue weighted by Gasteiger charge is 2.17. The molecule has 0 spiro atoms. The maximum Gasteiger partial charge on any atom is 0.309 e. The minimum atomic E-state index is -2.60. The highest BCUT2D eigenvalue weighted by Crippen LogP contribution is 2.31. The van der Waals surface area contributed by atoms with Gasteiger partial charge in [0.25, 0.3) is 6.43 Å². The number of rotatable bonds is 8. The molecule has 2 aromatic rings. The molecule has 0 atom stereocenters. The Bertz CT molecular complexity index is 757. The predicted octanol–water partition coefficient (Wildman–Crippen LogP) is 5.04. The number of methoxy groups -OCH3 is 1. The van der Waals surface area contributed by atoms with Crippen LogP contribution in [0.4, 0.5) is 8.78 Å². The van der Waals surface area contributed by atoms with Crippen molar-refractivity contribution in [3.8, 4) is 5.75 Å². The van der Waals surface area contributed by atoms with Crippen molar-refractivity contribution < 1.29 is 23.0 Å². The molecule has 0 heterocycles. The van der Waals surface area contributed by atoms with Crippen molar-refractivity contribution >= 4 is 5.97 Å². The van der Waals surface area contributed by atoms with Gasteiger partial charge in [0.05, 0.1) is 19.1 Å². The largest absolute Gasteiger partial charge is 0.488 e. The Morgan fingerprint density at radius 2 is 1.81 bits per heavy atom. The molecule has 2 aromatic carbocycles. The maximum absolute atomic E-state index is 13.4. The molecule has 0 radical (unpaired) electrons. The lowest BCUT2D eigenvalue weighted by atomic mass is 9.97. The maximum atomic E-state index is 13.4. The van der Waals surface area contributed by atoms with Gasteiger partial charge in [-0.2, -0.15) is 0 Å². The van der Waals surface area contributed by atoms with Gasteiger partial charge in [-0.15, -0.1) is 0 Å². The summed E-state index contributed by atoms with van der Waals surface area (Å²) in [6.07, 6.45) is -1.04. The minimum Gasteiger partial charge on any atom is -0.488 e. The van der Waals surface area contributed by atoms with E-state index in [1.807, 2.05) is 32.0 Å². The smallest absolute Gasteiger partial charge is 0.309 e. The zero-order valence-electron chi connectivity index (χ0n) is 15.4. The second-order valence-corrected chi connectivity index (χ2v) is 5.98. The van der Waals surface area contributed by atoms with Crippen molar-refractivity contribution in [3.05, 3.63) is 64.2 Å². The number of alkyl halides is 2. The molecular formula is C21H24F2O3. The molecule has 26 heavy (non-hydrogen) atoms. The van der Waals surface area contributed by atoms with Gasteiger partial charge in [0.2, 0.25) is 0 Å². The summed E-state index contributed by atoms with van der Waals surface area (Å²) in [5.74, 6) is -0.174. The average molecular weight is 362 g/mol. The van der Waals surface area contributed by atoms with E-state index in [1.165, 1.54) is 13.2 Å². The third-order valence-electron chi connectivity index (χ3n) is 4.40. The zero-order valence-corrected chi connectivity index (χ0v) is 15.4. The number of hydrogen-bond donors (Lipinski definition) is 0. The molecule has 0 aromatic heterocycles. The fourth-order valence-corrected chi connectivity index (χ4v) is 2.87. The SMILES string of the molecule is CCc1ccc(OCc2c(CC)cccc2CC(=O)OC)c(C(F)F)c1. The summed E-state index contributed by atoms with van der Waals surface area (Å²) in [6, 6.07) is 10.5. The van der Waals surface area contributed by atoms with Crippen LogP contribution >= 0.6 is 0 Å². The first-order chi connectivity index (χ1) is 12.5. The first-order valence-electron chi connectivity index (χ1n) is 8.70. The summed E-state index contributed by atoms with van der Waals surface area (Å²) in [6.45, 7) is 4.05. The minimum absolute atomic E-state index is 0.104. The van der Waals surface area contributed by atoms with Gasteiger partial charge < -0.3 is 9.47 Å². The Labute approximate surface area is 152 Å². The number of halogens is 2. The van der Waals surface area contributed by atoms with Crippen LogP contribution in [0.1, 0.15) is 48.1 Å². The lowest BCUT2D eigenvalue weighted by Crippen LogP contribution is -2.11. The van der Waals surface area contributed by atoms with E-state index in [9.17, 15) is 13.6 Å². The van der Waals surface area contributed by atoms with E-state index >= 15 is 0 Å². The van der Waals surface area contributed by atoms with Crippen LogP contribution in [-0.2, 0) is 35.4 Å². The molecule has 0 bridgehead atoms. The lowest BCUT2D eigenvalue weighted by molar-refractivity contribution is -0.139. The summed E-state index contributed by atoms with van der Waals surface area (Å²) in [5.41, 5.74) is 3.40. The first-order valence-corrected chi connectivity index (χ1v) is 8.70. The van der Waals surface area contributed by atoms with Crippen molar-refractivity contribution in [1.82, 2.24) is 0 Å². The summed E-state index contributed by atoms with van der Waals surface area (Å²) in [4.78, 5) is 11.7. The molecule has 5 heteroatoms. The van der Waals surface area contributed by atoms with Gasteiger partial charge in [-0.25, -0.2) is 8.78 Å². The highest BCUT2D eigenvalue weighted by molar-refractivity contribution is 5.73. The van der Waals surface area contributed by atoms with Crippen LogP contribution in [0.25, 0.3) is 0 Å². The first kappa shape index (κ1) is 19.9. The normalized spacial score (nSPS) is 10.8. The van der Waals surface area contributed by atoms with Crippen LogP contribution in [0.3, 0.4) is 0 Å². The van der Waals surface area contributed by atoms with E-state index in [1.54, 1.807) is 12.1 Å². The molecule has 0 aliphatic rings. The molecule has 3 nitrogen and oxygen atoms in total. The van der Waals surface area contributed by atoms with Gasteiger partial charge in [0, 0.05) is 0 Å². The Balaban J connectivity index is 2.30. The molecule has 2 rings (SSSR count). The van der Waals surface area contributed by atoms with Gasteiger partial charge in [-0.05, 0) is 47.2 Å². The fourth-order valence-electron chi connectivity index (χ4n) is 2.87. The average Bonchev–Trinajstić information content (AvgIpc) is 2.66. The van der Waals surface area contributed by atoms with Gasteiger partial charge in [-0.1, -0.05) is 38.1 Å². The predicted molar refractivity (Wildman–Crippen MR) is 96.6 cm³/mol. The van der Waals surface area contributed by atoms with E-state index < -0.39 is 6.43 Å². The fraction of sp³-hybridized carbons (Fsp3) is 0.381. The second kappa shape index (κ2) is 9.32. The van der Waals surface area contributed by atoms with Crippen LogP contribution in [-0.4, -0.2) is 13.1 Å². The number of ether oxygens (including phenoxy) is 2. The molecule has 0 saturated heterocycles. The lowest BCUT2D eigenvalue weighted by Gasteiger charge is -2.17. The molecule has 0 amide bonds.